The van der Waals surface area contributed by atoms with Crippen LogP contribution in [0.5, 0.6) is 0 Å². The van der Waals surface area contributed by atoms with Crippen molar-refractivity contribution in [1.82, 2.24) is 15.0 Å². The van der Waals surface area contributed by atoms with E-state index in [-0.39, 0.29) is 6.04 Å². The van der Waals surface area contributed by atoms with Gasteiger partial charge >= 0.3 is 0 Å². The summed E-state index contributed by atoms with van der Waals surface area (Å²) in [6.45, 7) is 4.81. The van der Waals surface area contributed by atoms with Crippen LogP contribution >= 0.6 is 0 Å². The number of furan rings is 1. The third-order valence-electron chi connectivity index (χ3n) is 3.62. The molecule has 6 heteroatoms. The van der Waals surface area contributed by atoms with Crippen LogP contribution in [0, 0.1) is 5.92 Å². The molecule has 0 bridgehead atoms. The Balaban J connectivity index is 1.62. The molecular weight excluding hydrogens is 244 g/mol. The molecule has 0 spiro atoms. The van der Waals surface area contributed by atoms with Gasteiger partial charge in [-0.15, -0.1) is 0 Å². The minimum atomic E-state index is 0.244. The zero-order chi connectivity index (χ0) is 13.2. The van der Waals surface area contributed by atoms with Crippen molar-refractivity contribution in [2.45, 2.75) is 25.9 Å². The monoisotopic (exact) mass is 262 g/mol. The Bertz CT molecular complexity index is 520. The first-order chi connectivity index (χ1) is 9.22. The Morgan fingerprint density at radius 1 is 1.58 bits per heavy atom. The third-order valence-corrected chi connectivity index (χ3v) is 3.62. The van der Waals surface area contributed by atoms with E-state index in [4.69, 9.17) is 14.7 Å². The fourth-order valence-electron chi connectivity index (χ4n) is 2.45. The molecule has 102 valence electrons. The summed E-state index contributed by atoms with van der Waals surface area (Å²) in [6.07, 6.45) is 2.73. The normalized spacial score (nSPS) is 21.9. The van der Waals surface area contributed by atoms with Crippen LogP contribution < -0.4 is 5.73 Å². The summed E-state index contributed by atoms with van der Waals surface area (Å²) in [5, 5.41) is 3.99. The SMILES string of the molecule is CC(N)C1CCN(Cc2noc(-c3ccco3)n2)C1. The van der Waals surface area contributed by atoms with Crippen molar-refractivity contribution in [1.29, 1.82) is 0 Å². The lowest BCUT2D eigenvalue weighted by molar-refractivity contribution is 0.294. The van der Waals surface area contributed by atoms with Gasteiger partial charge in [-0.25, -0.2) is 0 Å². The quantitative estimate of drug-likeness (QED) is 0.899. The predicted molar refractivity (Wildman–Crippen MR) is 69.0 cm³/mol. The van der Waals surface area contributed by atoms with Gasteiger partial charge < -0.3 is 14.7 Å². The summed E-state index contributed by atoms with van der Waals surface area (Å²) < 4.78 is 10.4. The second-order valence-corrected chi connectivity index (χ2v) is 5.14. The van der Waals surface area contributed by atoms with E-state index in [1.54, 1.807) is 18.4 Å². The van der Waals surface area contributed by atoms with Crippen LogP contribution in [0.4, 0.5) is 0 Å². The maximum atomic E-state index is 5.93. The van der Waals surface area contributed by atoms with Crippen molar-refractivity contribution in [3.05, 3.63) is 24.2 Å². The highest BCUT2D eigenvalue weighted by molar-refractivity contribution is 5.42. The van der Waals surface area contributed by atoms with Crippen molar-refractivity contribution in [2.24, 2.45) is 11.7 Å². The van der Waals surface area contributed by atoms with Crippen LogP contribution in [0.15, 0.2) is 27.3 Å². The number of rotatable bonds is 4. The summed E-state index contributed by atoms with van der Waals surface area (Å²) in [6, 6.07) is 3.85. The van der Waals surface area contributed by atoms with Crippen LogP contribution in [0.3, 0.4) is 0 Å². The van der Waals surface area contributed by atoms with Gasteiger partial charge in [0, 0.05) is 12.6 Å². The molecule has 3 rings (SSSR count). The van der Waals surface area contributed by atoms with Crippen molar-refractivity contribution < 1.29 is 8.94 Å². The maximum absolute atomic E-state index is 5.93. The maximum Gasteiger partial charge on any atom is 0.293 e. The standard InChI is InChI=1S/C13H18N4O2/c1-9(14)10-4-5-17(7-10)8-12-15-13(19-16-12)11-3-2-6-18-11/h2-3,6,9-10H,4-5,7-8,14H2,1H3. The summed E-state index contributed by atoms with van der Waals surface area (Å²) in [4.78, 5) is 6.65. The van der Waals surface area contributed by atoms with E-state index in [0.717, 1.165) is 19.5 Å². The van der Waals surface area contributed by atoms with E-state index in [9.17, 15) is 0 Å². The Labute approximate surface area is 111 Å². The van der Waals surface area contributed by atoms with E-state index < -0.39 is 0 Å². The van der Waals surface area contributed by atoms with Gasteiger partial charge in [0.05, 0.1) is 12.8 Å². The molecule has 0 amide bonds. The molecule has 1 aliphatic heterocycles. The molecule has 2 unspecified atom stereocenters. The molecule has 0 aromatic carbocycles. The average Bonchev–Trinajstić information content (AvgIpc) is 3.09. The largest absolute Gasteiger partial charge is 0.459 e. The molecular formula is C13H18N4O2. The van der Waals surface area contributed by atoms with Crippen LogP contribution in [-0.2, 0) is 6.54 Å². The second-order valence-electron chi connectivity index (χ2n) is 5.14. The lowest BCUT2D eigenvalue weighted by Gasteiger charge is -2.15. The summed E-state index contributed by atoms with van der Waals surface area (Å²) in [7, 11) is 0. The van der Waals surface area contributed by atoms with Gasteiger partial charge in [-0.1, -0.05) is 5.16 Å². The zero-order valence-corrected chi connectivity index (χ0v) is 11.0. The van der Waals surface area contributed by atoms with Crippen molar-refractivity contribution >= 4 is 0 Å². The molecule has 1 aliphatic rings. The molecule has 1 fully saturated rings. The zero-order valence-electron chi connectivity index (χ0n) is 11.0. The Hall–Kier alpha value is -1.66. The van der Waals surface area contributed by atoms with Gasteiger partial charge in [0.2, 0.25) is 0 Å². The predicted octanol–water partition coefficient (Wildman–Crippen LogP) is 1.50. The van der Waals surface area contributed by atoms with Crippen LogP contribution in [-0.4, -0.2) is 34.2 Å². The third kappa shape index (κ3) is 2.69. The van der Waals surface area contributed by atoms with E-state index in [0.29, 0.717) is 29.9 Å². The molecule has 2 aromatic heterocycles. The van der Waals surface area contributed by atoms with E-state index in [2.05, 4.69) is 22.0 Å². The number of hydrogen-bond acceptors (Lipinski definition) is 6. The summed E-state index contributed by atoms with van der Waals surface area (Å²) in [5.74, 6) is 2.30. The summed E-state index contributed by atoms with van der Waals surface area (Å²) >= 11 is 0. The minimum absolute atomic E-state index is 0.244. The molecule has 0 aliphatic carbocycles. The van der Waals surface area contributed by atoms with Gasteiger partial charge in [0.25, 0.3) is 5.89 Å². The molecule has 2 aromatic rings. The smallest absolute Gasteiger partial charge is 0.293 e. The first kappa shape index (κ1) is 12.4. The first-order valence-electron chi connectivity index (χ1n) is 6.57. The van der Waals surface area contributed by atoms with Gasteiger partial charge in [0.1, 0.15) is 0 Å². The lowest BCUT2D eigenvalue weighted by atomic mass is 10.0. The molecule has 6 nitrogen and oxygen atoms in total. The Morgan fingerprint density at radius 2 is 2.47 bits per heavy atom. The molecule has 19 heavy (non-hydrogen) atoms. The van der Waals surface area contributed by atoms with Gasteiger partial charge in [-0.05, 0) is 37.9 Å². The minimum Gasteiger partial charge on any atom is -0.459 e. The van der Waals surface area contributed by atoms with E-state index >= 15 is 0 Å². The van der Waals surface area contributed by atoms with Crippen molar-refractivity contribution in [3.63, 3.8) is 0 Å². The van der Waals surface area contributed by atoms with Gasteiger partial charge in [-0.2, -0.15) is 4.98 Å². The lowest BCUT2D eigenvalue weighted by Crippen LogP contribution is -2.29. The average molecular weight is 262 g/mol. The molecule has 0 saturated carbocycles. The van der Waals surface area contributed by atoms with Crippen LogP contribution in [0.1, 0.15) is 19.2 Å². The molecule has 3 heterocycles. The van der Waals surface area contributed by atoms with E-state index in [1.807, 2.05) is 0 Å². The number of nitrogens with zero attached hydrogens (tertiary/aromatic N) is 3. The molecule has 0 radical (unpaired) electrons. The Morgan fingerprint density at radius 3 is 3.16 bits per heavy atom. The second kappa shape index (κ2) is 5.14. The number of nitrogens with two attached hydrogens (primary N) is 1. The highest BCUT2D eigenvalue weighted by Crippen LogP contribution is 2.21. The topological polar surface area (TPSA) is 81.3 Å². The van der Waals surface area contributed by atoms with E-state index in [1.165, 1.54) is 0 Å². The fourth-order valence-corrected chi connectivity index (χ4v) is 2.45. The number of likely N-dealkylation sites (tertiary alicyclic amines) is 1. The van der Waals surface area contributed by atoms with Gasteiger partial charge in [0.15, 0.2) is 11.6 Å². The first-order valence-corrected chi connectivity index (χ1v) is 6.57. The number of aromatic nitrogens is 2. The molecule has 2 N–H and O–H groups in total. The van der Waals surface area contributed by atoms with Crippen molar-refractivity contribution in [3.8, 4) is 11.7 Å². The highest BCUT2D eigenvalue weighted by atomic mass is 16.5. The van der Waals surface area contributed by atoms with Crippen LogP contribution in [0.2, 0.25) is 0 Å². The van der Waals surface area contributed by atoms with Crippen LogP contribution in [0.25, 0.3) is 11.7 Å². The number of hydrogen-bond donors (Lipinski definition) is 1. The molecule has 2 atom stereocenters. The summed E-state index contributed by atoms with van der Waals surface area (Å²) in [5.41, 5.74) is 5.93. The van der Waals surface area contributed by atoms with Crippen molar-refractivity contribution in [2.75, 3.05) is 13.1 Å². The Kier molecular flexibility index (Phi) is 3.35. The van der Waals surface area contributed by atoms with Gasteiger partial charge in [-0.3, -0.25) is 4.90 Å². The molecule has 1 saturated heterocycles. The highest BCUT2D eigenvalue weighted by Gasteiger charge is 2.26. The fraction of sp³-hybridized carbons (Fsp3) is 0.538.